The Morgan fingerprint density at radius 3 is 2.09 bits per heavy atom. The molecule has 14 heteroatoms. The highest BCUT2D eigenvalue weighted by Crippen LogP contribution is 2.35. The first-order chi connectivity index (χ1) is 20.6. The largest absolute Gasteiger partial charge is 0.467 e. The third kappa shape index (κ3) is 11.1. The summed E-state index contributed by atoms with van der Waals surface area (Å²) in [7, 11) is 1.15. The summed E-state index contributed by atoms with van der Waals surface area (Å²) in [6.45, 7) is 16.3. The number of ether oxygens (including phenoxy) is 5. The molecule has 2 unspecified atom stereocenters. The zero-order valence-electron chi connectivity index (χ0n) is 28.0. The lowest BCUT2D eigenvalue weighted by atomic mass is 10.1. The number of hydrogen-bond donors (Lipinski definition) is 2. The predicted molar refractivity (Wildman–Crippen MR) is 167 cm³/mol. The molecule has 252 valence electrons. The van der Waals surface area contributed by atoms with Crippen LogP contribution in [0.25, 0.3) is 0 Å². The van der Waals surface area contributed by atoms with Gasteiger partial charge in [0.15, 0.2) is 4.87 Å². The summed E-state index contributed by atoms with van der Waals surface area (Å²) in [6, 6.07) is 6.63. The molecule has 0 aromatic heterocycles. The summed E-state index contributed by atoms with van der Waals surface area (Å²) in [5, 5.41) is 5.16. The number of nitrogens with one attached hydrogen (secondary N) is 2. The van der Waals surface area contributed by atoms with Crippen molar-refractivity contribution in [3.63, 3.8) is 0 Å². The molecular weight excluding hydrogens is 606 g/mol. The highest BCUT2D eigenvalue weighted by molar-refractivity contribution is 8.01. The second-order valence-corrected chi connectivity index (χ2v) is 14.6. The van der Waals surface area contributed by atoms with Gasteiger partial charge in [0.05, 0.1) is 13.2 Å². The van der Waals surface area contributed by atoms with Crippen LogP contribution in [-0.4, -0.2) is 87.8 Å². The average Bonchev–Trinajstić information content (AvgIpc) is 3.15. The zero-order valence-corrected chi connectivity index (χ0v) is 28.8. The van der Waals surface area contributed by atoms with E-state index in [1.54, 1.807) is 74.4 Å². The standard InChI is InChI=1S/C31H47N3O10S/c1-19-22(34(30(8,9)42-19)27(39)41-17-20-15-13-12-14-16-20)23(35)33-31(10,25(37)43-28(2,3)4)45-18-21(24(36)40-11)32-26(38)44-29(5,6)7/h12-16,19,21-22H,17-18H2,1-11H3,(H,32,38)(H,33,35)/t19-,21?,22+,31?/m1/s1. The van der Waals surface area contributed by atoms with Crippen molar-refractivity contribution in [1.82, 2.24) is 15.5 Å². The van der Waals surface area contributed by atoms with E-state index in [9.17, 15) is 24.0 Å². The van der Waals surface area contributed by atoms with E-state index >= 15 is 0 Å². The molecule has 0 spiro atoms. The maximum absolute atomic E-state index is 13.9. The highest BCUT2D eigenvalue weighted by atomic mass is 32.2. The van der Waals surface area contributed by atoms with Crippen LogP contribution >= 0.6 is 11.8 Å². The van der Waals surface area contributed by atoms with Gasteiger partial charge in [-0.25, -0.2) is 19.2 Å². The first kappa shape index (κ1) is 37.7. The van der Waals surface area contributed by atoms with Crippen LogP contribution < -0.4 is 10.6 Å². The van der Waals surface area contributed by atoms with Crippen LogP contribution in [0.1, 0.15) is 74.8 Å². The smallest absolute Gasteiger partial charge is 0.413 e. The van der Waals surface area contributed by atoms with Gasteiger partial charge in [-0.2, -0.15) is 0 Å². The van der Waals surface area contributed by atoms with Crippen molar-refractivity contribution < 1.29 is 47.7 Å². The molecule has 1 heterocycles. The molecule has 1 aliphatic rings. The number of thioether (sulfide) groups is 1. The Morgan fingerprint density at radius 2 is 1.56 bits per heavy atom. The SMILES string of the molecule is COC(=O)C(CSC(C)(NC(=O)[C@@H]1[C@@H](C)OC(C)(C)N1C(=O)OCc1ccccc1)C(=O)OC(C)(C)C)NC(=O)OC(C)(C)C. The average molecular weight is 654 g/mol. The molecule has 0 saturated carbocycles. The lowest BCUT2D eigenvalue weighted by molar-refractivity contribution is -0.160. The lowest BCUT2D eigenvalue weighted by Gasteiger charge is -2.36. The van der Waals surface area contributed by atoms with Crippen LogP contribution in [0.15, 0.2) is 30.3 Å². The molecule has 13 nitrogen and oxygen atoms in total. The second kappa shape index (κ2) is 14.7. The molecule has 0 bridgehead atoms. The minimum atomic E-state index is -1.79. The van der Waals surface area contributed by atoms with E-state index in [0.717, 1.165) is 24.4 Å². The number of methoxy groups -OCH3 is 1. The Hall–Kier alpha value is -3.52. The number of alkyl carbamates (subject to hydrolysis) is 1. The van der Waals surface area contributed by atoms with Crippen molar-refractivity contribution >= 4 is 41.8 Å². The topological polar surface area (TPSA) is 159 Å². The maximum Gasteiger partial charge on any atom is 0.413 e. The van der Waals surface area contributed by atoms with Gasteiger partial charge in [0, 0.05) is 5.75 Å². The highest BCUT2D eigenvalue weighted by Gasteiger charge is 2.54. The van der Waals surface area contributed by atoms with Crippen LogP contribution in [0.4, 0.5) is 9.59 Å². The van der Waals surface area contributed by atoms with Crippen molar-refractivity contribution in [2.24, 2.45) is 0 Å². The van der Waals surface area contributed by atoms with Gasteiger partial charge in [-0.15, -0.1) is 11.8 Å². The molecule has 3 amide bonds. The number of carbonyl (C=O) groups is 5. The van der Waals surface area contributed by atoms with E-state index in [1.807, 2.05) is 18.2 Å². The van der Waals surface area contributed by atoms with E-state index < -0.39 is 70.0 Å². The van der Waals surface area contributed by atoms with Gasteiger partial charge >= 0.3 is 24.1 Å². The van der Waals surface area contributed by atoms with Crippen molar-refractivity contribution in [2.45, 2.75) is 116 Å². The summed E-state index contributed by atoms with van der Waals surface area (Å²) in [5.41, 5.74) is -2.23. The van der Waals surface area contributed by atoms with Gasteiger partial charge in [-0.1, -0.05) is 30.3 Å². The molecule has 45 heavy (non-hydrogen) atoms. The molecule has 2 rings (SSSR count). The number of nitrogens with zero attached hydrogens (tertiary/aromatic N) is 1. The van der Waals surface area contributed by atoms with E-state index in [0.29, 0.717) is 0 Å². The second-order valence-electron chi connectivity index (χ2n) is 13.2. The van der Waals surface area contributed by atoms with Crippen LogP contribution in [0.2, 0.25) is 0 Å². The number of hydrogen-bond acceptors (Lipinski definition) is 11. The third-order valence-corrected chi connectivity index (χ3v) is 7.66. The number of carbonyl (C=O) groups excluding carboxylic acids is 5. The van der Waals surface area contributed by atoms with Gasteiger partial charge in [0.1, 0.15) is 35.6 Å². The normalized spacial score (nSPS) is 19.8. The minimum absolute atomic E-state index is 0.0278. The molecule has 1 saturated heterocycles. The van der Waals surface area contributed by atoms with Gasteiger partial charge in [0.2, 0.25) is 5.91 Å². The summed E-state index contributed by atoms with van der Waals surface area (Å²) < 4.78 is 27.2. The Morgan fingerprint density at radius 1 is 0.978 bits per heavy atom. The van der Waals surface area contributed by atoms with Crippen molar-refractivity contribution in [3.8, 4) is 0 Å². The number of benzene rings is 1. The van der Waals surface area contributed by atoms with Crippen LogP contribution in [0.5, 0.6) is 0 Å². The molecule has 1 fully saturated rings. The molecule has 2 N–H and O–H groups in total. The Balaban J connectivity index is 2.34. The van der Waals surface area contributed by atoms with E-state index in [-0.39, 0.29) is 12.4 Å². The van der Waals surface area contributed by atoms with Gasteiger partial charge in [0.25, 0.3) is 0 Å². The molecule has 0 radical (unpaired) electrons. The fourth-order valence-electron chi connectivity index (χ4n) is 4.41. The molecular formula is C31H47N3O10S. The van der Waals surface area contributed by atoms with E-state index in [4.69, 9.17) is 23.7 Å². The minimum Gasteiger partial charge on any atom is -0.467 e. The number of rotatable bonds is 10. The summed E-state index contributed by atoms with van der Waals surface area (Å²) in [6.07, 6.45) is -2.44. The molecule has 1 aliphatic heterocycles. The molecule has 0 aliphatic carbocycles. The summed E-state index contributed by atoms with van der Waals surface area (Å²) >= 11 is 0.837. The van der Waals surface area contributed by atoms with Crippen LogP contribution in [0.3, 0.4) is 0 Å². The molecule has 4 atom stereocenters. The van der Waals surface area contributed by atoms with E-state index in [2.05, 4.69) is 10.6 Å². The Kier molecular flexibility index (Phi) is 12.3. The molecule has 1 aromatic rings. The first-order valence-electron chi connectivity index (χ1n) is 14.5. The van der Waals surface area contributed by atoms with Crippen molar-refractivity contribution in [1.29, 1.82) is 0 Å². The van der Waals surface area contributed by atoms with Crippen LogP contribution in [-0.2, 0) is 44.7 Å². The van der Waals surface area contributed by atoms with Gasteiger partial charge in [-0.05, 0) is 74.8 Å². The van der Waals surface area contributed by atoms with Crippen molar-refractivity contribution in [3.05, 3.63) is 35.9 Å². The van der Waals surface area contributed by atoms with Gasteiger partial charge < -0.3 is 34.3 Å². The third-order valence-electron chi connectivity index (χ3n) is 6.31. The van der Waals surface area contributed by atoms with E-state index in [1.165, 1.54) is 11.8 Å². The lowest BCUT2D eigenvalue weighted by Crippen LogP contribution is -2.60. The monoisotopic (exact) mass is 653 g/mol. The Labute approximate surface area is 269 Å². The van der Waals surface area contributed by atoms with Crippen LogP contribution in [0, 0.1) is 0 Å². The Bertz CT molecular complexity index is 1230. The zero-order chi connectivity index (χ0) is 34.4. The summed E-state index contributed by atoms with van der Waals surface area (Å²) in [5.74, 6) is -2.55. The number of esters is 2. The quantitative estimate of drug-likeness (QED) is 0.213. The fourth-order valence-corrected chi connectivity index (χ4v) is 5.47. The first-order valence-corrected chi connectivity index (χ1v) is 15.5. The maximum atomic E-state index is 13.9. The van der Waals surface area contributed by atoms with Gasteiger partial charge in [-0.3, -0.25) is 9.69 Å². The summed E-state index contributed by atoms with van der Waals surface area (Å²) in [4.78, 5) is 65.3. The predicted octanol–water partition coefficient (Wildman–Crippen LogP) is 4.12. The fraction of sp³-hybridized carbons (Fsp3) is 0.645. The number of amides is 3. The molecule has 1 aromatic carbocycles. The van der Waals surface area contributed by atoms with Crippen molar-refractivity contribution in [2.75, 3.05) is 12.9 Å².